The summed E-state index contributed by atoms with van der Waals surface area (Å²) >= 11 is 1.72. The molecule has 0 saturated carbocycles. The quantitative estimate of drug-likeness (QED) is 0.339. The maximum absolute atomic E-state index is 12.9. The Bertz CT molecular complexity index is 1150. The van der Waals surface area contributed by atoms with Crippen LogP contribution in [0.15, 0.2) is 41.3 Å². The van der Waals surface area contributed by atoms with E-state index in [-0.39, 0.29) is 11.5 Å². The van der Waals surface area contributed by atoms with Crippen molar-refractivity contribution in [1.29, 1.82) is 0 Å². The molecule has 5 nitrogen and oxygen atoms in total. The van der Waals surface area contributed by atoms with Crippen LogP contribution in [-0.4, -0.2) is 23.7 Å². The van der Waals surface area contributed by atoms with Gasteiger partial charge in [0.25, 0.3) is 5.56 Å². The van der Waals surface area contributed by atoms with E-state index in [1.54, 1.807) is 23.0 Å². The molecule has 2 heterocycles. The Labute approximate surface area is 200 Å². The molecule has 1 unspecified atom stereocenters. The minimum absolute atomic E-state index is 0.0319. The predicted octanol–water partition coefficient (Wildman–Crippen LogP) is 6.25. The van der Waals surface area contributed by atoms with Gasteiger partial charge in [0, 0.05) is 54.2 Å². The number of nitrogens with one attached hydrogen (secondary N) is 1. The van der Waals surface area contributed by atoms with Gasteiger partial charge in [-0.2, -0.15) is 0 Å². The van der Waals surface area contributed by atoms with Crippen molar-refractivity contribution in [3.63, 3.8) is 0 Å². The molecule has 1 N–H and O–H groups in total. The van der Waals surface area contributed by atoms with Crippen molar-refractivity contribution < 1.29 is 9.53 Å². The molecule has 3 aromatic rings. The van der Waals surface area contributed by atoms with Gasteiger partial charge in [0.1, 0.15) is 0 Å². The molecule has 1 amide bonds. The smallest absolute Gasteiger partial charge is 0.259 e. The normalized spacial score (nSPS) is 12.4. The average Bonchev–Trinajstić information content (AvgIpc) is 3.18. The van der Waals surface area contributed by atoms with Crippen molar-refractivity contribution in [3.8, 4) is 11.1 Å². The third-order valence-corrected chi connectivity index (χ3v) is 7.01. The van der Waals surface area contributed by atoms with Gasteiger partial charge in [-0.15, -0.1) is 11.3 Å². The van der Waals surface area contributed by atoms with Crippen LogP contribution in [0.2, 0.25) is 0 Å². The molecule has 6 heteroatoms. The molecule has 1 atom stereocenters. The fraction of sp³-hybridized carbons (Fsp3) is 0.481. The standard InChI is InChI=1S/C27H36N2O3S/c1-6-20(9-8-12-32-17-18(2)3)13-23-15-24-26(33-23)25(16-29(5)27(24)31)21-10-7-11-22(14-21)28-19(4)30/h7,10-11,14-16,18,20H,6,8-9,12-13,17H2,1-5H3,(H,28,30). The van der Waals surface area contributed by atoms with E-state index in [4.69, 9.17) is 4.74 Å². The Morgan fingerprint density at radius 2 is 2.03 bits per heavy atom. The largest absolute Gasteiger partial charge is 0.381 e. The number of nitrogens with zero attached hydrogens (tertiary/aromatic N) is 1. The second-order valence-corrected chi connectivity index (χ2v) is 10.4. The van der Waals surface area contributed by atoms with Crippen molar-refractivity contribution in [2.24, 2.45) is 18.9 Å². The number of aryl methyl sites for hydroxylation is 1. The number of aromatic nitrogens is 1. The zero-order chi connectivity index (χ0) is 24.0. The molecule has 2 aromatic heterocycles. The van der Waals surface area contributed by atoms with Crippen LogP contribution in [-0.2, 0) is 23.0 Å². The number of carbonyl (C=O) groups is 1. The molecule has 3 rings (SSSR count). The molecular formula is C27H36N2O3S. The number of thiophene rings is 1. The van der Waals surface area contributed by atoms with Crippen LogP contribution >= 0.6 is 11.3 Å². The lowest BCUT2D eigenvalue weighted by Gasteiger charge is -2.14. The van der Waals surface area contributed by atoms with Crippen LogP contribution < -0.4 is 10.9 Å². The van der Waals surface area contributed by atoms with Crippen molar-refractivity contribution >= 4 is 33.0 Å². The third-order valence-electron chi connectivity index (χ3n) is 5.81. The molecule has 0 saturated heterocycles. The average molecular weight is 469 g/mol. The molecule has 0 radical (unpaired) electrons. The first-order chi connectivity index (χ1) is 15.8. The number of fused-ring (bicyclic) bond motifs is 1. The van der Waals surface area contributed by atoms with E-state index in [2.05, 4.69) is 32.2 Å². The lowest BCUT2D eigenvalue weighted by atomic mass is 9.96. The summed E-state index contributed by atoms with van der Waals surface area (Å²) in [5.41, 5.74) is 2.80. The molecule has 0 aliphatic rings. The van der Waals surface area contributed by atoms with Crippen LogP contribution in [0, 0.1) is 11.8 Å². The van der Waals surface area contributed by atoms with Gasteiger partial charge in [-0.1, -0.05) is 39.3 Å². The summed E-state index contributed by atoms with van der Waals surface area (Å²) in [6.07, 6.45) is 6.20. The molecule has 1 aromatic carbocycles. The fourth-order valence-electron chi connectivity index (χ4n) is 4.10. The second kappa shape index (κ2) is 11.6. The number of rotatable bonds is 11. The number of benzene rings is 1. The van der Waals surface area contributed by atoms with E-state index in [1.165, 1.54) is 11.8 Å². The van der Waals surface area contributed by atoms with Gasteiger partial charge < -0.3 is 14.6 Å². The van der Waals surface area contributed by atoms with Crippen LogP contribution in [0.5, 0.6) is 0 Å². The monoisotopic (exact) mass is 468 g/mol. The highest BCUT2D eigenvalue weighted by Crippen LogP contribution is 2.35. The topological polar surface area (TPSA) is 60.3 Å². The van der Waals surface area contributed by atoms with Gasteiger partial charge in [0.15, 0.2) is 0 Å². The Morgan fingerprint density at radius 1 is 1.24 bits per heavy atom. The molecule has 0 fully saturated rings. The van der Waals surface area contributed by atoms with Crippen molar-refractivity contribution in [3.05, 3.63) is 51.8 Å². The minimum atomic E-state index is -0.101. The van der Waals surface area contributed by atoms with Gasteiger partial charge >= 0.3 is 0 Å². The highest BCUT2D eigenvalue weighted by atomic mass is 32.1. The molecule has 0 aliphatic carbocycles. The number of hydrogen-bond donors (Lipinski definition) is 1. The Hall–Kier alpha value is -2.44. The number of anilines is 1. The highest BCUT2D eigenvalue weighted by molar-refractivity contribution is 7.19. The zero-order valence-corrected chi connectivity index (χ0v) is 21.3. The van der Waals surface area contributed by atoms with Gasteiger partial charge in [-0.25, -0.2) is 0 Å². The summed E-state index contributed by atoms with van der Waals surface area (Å²) in [5, 5.41) is 3.62. The first kappa shape index (κ1) is 25.2. The minimum Gasteiger partial charge on any atom is -0.381 e. The van der Waals surface area contributed by atoms with E-state index >= 15 is 0 Å². The van der Waals surface area contributed by atoms with E-state index < -0.39 is 0 Å². The summed E-state index contributed by atoms with van der Waals surface area (Å²) < 4.78 is 8.42. The van der Waals surface area contributed by atoms with Crippen molar-refractivity contribution in [2.75, 3.05) is 18.5 Å². The summed E-state index contributed by atoms with van der Waals surface area (Å²) in [7, 11) is 1.80. The molecule has 33 heavy (non-hydrogen) atoms. The Morgan fingerprint density at radius 3 is 2.73 bits per heavy atom. The molecule has 0 aliphatic heterocycles. The maximum Gasteiger partial charge on any atom is 0.259 e. The van der Waals surface area contributed by atoms with Crippen molar-refractivity contribution in [1.82, 2.24) is 4.57 Å². The lowest BCUT2D eigenvalue weighted by molar-refractivity contribution is -0.114. The Balaban J connectivity index is 1.84. The van der Waals surface area contributed by atoms with Crippen LogP contribution in [0.3, 0.4) is 0 Å². The highest BCUT2D eigenvalue weighted by Gasteiger charge is 2.16. The second-order valence-electron chi connectivity index (χ2n) is 9.27. The van der Waals surface area contributed by atoms with E-state index in [0.29, 0.717) is 11.8 Å². The number of amides is 1. The molecule has 0 spiro atoms. The summed E-state index contributed by atoms with van der Waals surface area (Å²) in [5.74, 6) is 1.05. The molecule has 0 bridgehead atoms. The summed E-state index contributed by atoms with van der Waals surface area (Å²) in [6, 6.07) is 9.88. The molecule has 178 valence electrons. The van der Waals surface area contributed by atoms with Gasteiger partial charge in [0.2, 0.25) is 5.91 Å². The van der Waals surface area contributed by atoms with E-state index in [9.17, 15) is 9.59 Å². The SMILES string of the molecule is CCC(CCCOCC(C)C)Cc1cc2c(=O)n(C)cc(-c3cccc(NC(C)=O)c3)c2s1. The maximum atomic E-state index is 12.9. The van der Waals surface area contributed by atoms with E-state index in [1.807, 2.05) is 30.5 Å². The zero-order valence-electron chi connectivity index (χ0n) is 20.4. The fourth-order valence-corrected chi connectivity index (χ4v) is 5.40. The lowest BCUT2D eigenvalue weighted by Crippen LogP contribution is -2.15. The van der Waals surface area contributed by atoms with Gasteiger partial charge in [0.05, 0.1) is 5.39 Å². The number of ether oxygens (including phenoxy) is 1. The summed E-state index contributed by atoms with van der Waals surface area (Å²) in [6.45, 7) is 9.72. The molecular weight excluding hydrogens is 432 g/mol. The number of pyridine rings is 1. The van der Waals surface area contributed by atoms with Crippen LogP contribution in [0.25, 0.3) is 21.2 Å². The first-order valence-corrected chi connectivity index (χ1v) is 12.7. The first-order valence-electron chi connectivity index (χ1n) is 11.9. The van der Waals surface area contributed by atoms with Crippen molar-refractivity contribution in [2.45, 2.75) is 53.4 Å². The third kappa shape index (κ3) is 6.78. The van der Waals surface area contributed by atoms with Crippen LogP contribution in [0.1, 0.15) is 51.8 Å². The summed E-state index contributed by atoms with van der Waals surface area (Å²) in [4.78, 5) is 25.6. The van der Waals surface area contributed by atoms with Gasteiger partial charge in [-0.05, 0) is 54.9 Å². The number of hydrogen-bond acceptors (Lipinski definition) is 4. The predicted molar refractivity (Wildman–Crippen MR) is 139 cm³/mol. The Kier molecular flexibility index (Phi) is 8.87. The van der Waals surface area contributed by atoms with Gasteiger partial charge in [-0.3, -0.25) is 9.59 Å². The van der Waals surface area contributed by atoms with Crippen LogP contribution in [0.4, 0.5) is 5.69 Å². The number of carbonyl (C=O) groups excluding carboxylic acids is 1. The van der Waals surface area contributed by atoms with E-state index in [0.717, 1.165) is 65.8 Å².